The summed E-state index contributed by atoms with van der Waals surface area (Å²) in [6.45, 7) is 10.3. The Balaban J connectivity index is 2.42. The maximum Gasteiger partial charge on any atom is 0.159 e. The molecule has 2 heteroatoms. The second-order valence-corrected chi connectivity index (χ2v) is 6.38. The highest BCUT2D eigenvalue weighted by molar-refractivity contribution is 5.98. The molecule has 0 heterocycles. The molecule has 0 aliphatic heterocycles. The van der Waals surface area contributed by atoms with Gasteiger partial charge in [0.2, 0.25) is 0 Å². The van der Waals surface area contributed by atoms with Crippen LogP contribution in [0.5, 0.6) is 5.75 Å². The average Bonchev–Trinajstić information content (AvgIpc) is 2.45. The Hall–Kier alpha value is -1.83. The largest absolute Gasteiger partial charge is 0.496 e. The van der Waals surface area contributed by atoms with Crippen molar-refractivity contribution in [2.75, 3.05) is 7.11 Å². The third-order valence-electron chi connectivity index (χ3n) is 4.43. The second-order valence-electron chi connectivity index (χ2n) is 6.38. The lowest BCUT2D eigenvalue weighted by atomic mass is 9.71. The number of carbonyl (C=O) groups excluding carboxylic acids is 1. The van der Waals surface area contributed by atoms with E-state index >= 15 is 0 Å². The number of ketones is 1. The minimum absolute atomic E-state index is 0.0276. The molecular formula is C19H24O2. The quantitative estimate of drug-likeness (QED) is 0.818. The molecule has 0 fully saturated rings. The maximum absolute atomic E-state index is 12.3. The minimum atomic E-state index is 0.0276. The number of carbonyl (C=O) groups is 1. The van der Waals surface area contributed by atoms with Crippen molar-refractivity contribution in [2.45, 2.75) is 40.0 Å². The zero-order chi connectivity index (χ0) is 15.6. The average molecular weight is 284 g/mol. The van der Waals surface area contributed by atoms with Gasteiger partial charge in [0.1, 0.15) is 5.75 Å². The molecule has 1 aliphatic carbocycles. The number of allylic oxidation sites excluding steroid dienone is 3. The lowest BCUT2D eigenvalue weighted by molar-refractivity contribution is -0.116. The third kappa shape index (κ3) is 3.10. The Kier molecular flexibility index (Phi) is 4.36. The van der Waals surface area contributed by atoms with Crippen LogP contribution >= 0.6 is 0 Å². The van der Waals surface area contributed by atoms with Crippen molar-refractivity contribution in [1.82, 2.24) is 0 Å². The Bertz CT molecular complexity index is 606. The van der Waals surface area contributed by atoms with Gasteiger partial charge in [0.25, 0.3) is 0 Å². The summed E-state index contributed by atoms with van der Waals surface area (Å²) in [6.07, 6.45) is 4.04. The number of Topliss-reactive ketones (excluding diaryl/α,β-unsaturated/α-hetero) is 1. The summed E-state index contributed by atoms with van der Waals surface area (Å²) in [5.74, 6) is 1.12. The van der Waals surface area contributed by atoms with Crippen LogP contribution in [0.1, 0.15) is 37.8 Å². The van der Waals surface area contributed by atoms with Crippen molar-refractivity contribution in [3.05, 3.63) is 53.1 Å². The van der Waals surface area contributed by atoms with Crippen LogP contribution < -0.4 is 4.74 Å². The predicted octanol–water partition coefficient (Wildman–Crippen LogP) is 4.42. The minimum Gasteiger partial charge on any atom is -0.496 e. The number of hydrogen-bond donors (Lipinski definition) is 0. The summed E-state index contributed by atoms with van der Waals surface area (Å²) in [6, 6.07) is 6.14. The maximum atomic E-state index is 12.3. The summed E-state index contributed by atoms with van der Waals surface area (Å²) in [4.78, 5) is 12.3. The van der Waals surface area contributed by atoms with E-state index in [1.807, 2.05) is 25.1 Å². The van der Waals surface area contributed by atoms with Gasteiger partial charge in [-0.2, -0.15) is 0 Å². The van der Waals surface area contributed by atoms with Gasteiger partial charge in [-0.25, -0.2) is 0 Å². The van der Waals surface area contributed by atoms with Crippen molar-refractivity contribution in [3.63, 3.8) is 0 Å². The first-order chi connectivity index (χ1) is 9.89. The molecule has 0 N–H and O–H groups in total. The molecule has 0 saturated carbocycles. The van der Waals surface area contributed by atoms with Crippen molar-refractivity contribution < 1.29 is 9.53 Å². The molecule has 0 spiro atoms. The van der Waals surface area contributed by atoms with E-state index in [-0.39, 0.29) is 11.2 Å². The second kappa shape index (κ2) is 5.88. The normalized spacial score (nSPS) is 17.8. The van der Waals surface area contributed by atoms with E-state index in [0.717, 1.165) is 34.4 Å². The van der Waals surface area contributed by atoms with Gasteiger partial charge in [0.15, 0.2) is 5.78 Å². The van der Waals surface area contributed by atoms with Gasteiger partial charge in [0.05, 0.1) is 7.11 Å². The van der Waals surface area contributed by atoms with Gasteiger partial charge < -0.3 is 4.74 Å². The molecule has 0 unspecified atom stereocenters. The number of ether oxygens (including phenoxy) is 1. The van der Waals surface area contributed by atoms with Crippen molar-refractivity contribution in [1.29, 1.82) is 0 Å². The zero-order valence-electron chi connectivity index (χ0n) is 13.5. The van der Waals surface area contributed by atoms with Crippen LogP contribution in [0.4, 0.5) is 0 Å². The zero-order valence-corrected chi connectivity index (χ0v) is 13.5. The predicted molar refractivity (Wildman–Crippen MR) is 86.7 cm³/mol. The first-order valence-electron chi connectivity index (χ1n) is 7.42. The van der Waals surface area contributed by atoms with Gasteiger partial charge >= 0.3 is 0 Å². The van der Waals surface area contributed by atoms with Gasteiger partial charge in [-0.3, -0.25) is 4.79 Å². The molecule has 1 aliphatic rings. The van der Waals surface area contributed by atoms with E-state index in [2.05, 4.69) is 26.5 Å². The number of aryl methyl sites for hydroxylation is 1. The van der Waals surface area contributed by atoms with Crippen LogP contribution in [0.2, 0.25) is 0 Å². The van der Waals surface area contributed by atoms with E-state index in [1.54, 1.807) is 7.11 Å². The van der Waals surface area contributed by atoms with Gasteiger partial charge in [-0.05, 0) is 41.5 Å². The Morgan fingerprint density at radius 2 is 2.10 bits per heavy atom. The molecule has 112 valence electrons. The van der Waals surface area contributed by atoms with Crippen molar-refractivity contribution in [3.8, 4) is 5.75 Å². The summed E-state index contributed by atoms with van der Waals surface area (Å²) in [5, 5.41) is 0. The van der Waals surface area contributed by atoms with E-state index in [1.165, 1.54) is 0 Å². The van der Waals surface area contributed by atoms with Crippen LogP contribution in [0.25, 0.3) is 0 Å². The molecular weight excluding hydrogens is 260 g/mol. The fourth-order valence-electron chi connectivity index (χ4n) is 3.04. The molecule has 0 radical (unpaired) electrons. The summed E-state index contributed by atoms with van der Waals surface area (Å²) < 4.78 is 5.37. The number of rotatable bonds is 4. The molecule has 0 aromatic heterocycles. The van der Waals surface area contributed by atoms with E-state index in [0.29, 0.717) is 12.8 Å². The van der Waals surface area contributed by atoms with E-state index in [4.69, 9.17) is 4.74 Å². The van der Waals surface area contributed by atoms with Crippen LogP contribution in [0, 0.1) is 12.3 Å². The van der Waals surface area contributed by atoms with Crippen LogP contribution in [0.15, 0.2) is 42.0 Å². The van der Waals surface area contributed by atoms with Crippen LogP contribution in [-0.4, -0.2) is 12.9 Å². The molecule has 1 aromatic carbocycles. The monoisotopic (exact) mass is 284 g/mol. The Morgan fingerprint density at radius 1 is 1.38 bits per heavy atom. The SMILES string of the molecule is C=CC1=C(Cc2ccc(C)c(OC)c2)C(=O)CCC1(C)C. The molecule has 21 heavy (non-hydrogen) atoms. The highest BCUT2D eigenvalue weighted by Gasteiger charge is 2.32. The van der Waals surface area contributed by atoms with Crippen molar-refractivity contribution in [2.24, 2.45) is 5.41 Å². The first-order valence-corrected chi connectivity index (χ1v) is 7.42. The van der Waals surface area contributed by atoms with Gasteiger partial charge in [-0.1, -0.05) is 38.6 Å². The molecule has 2 nitrogen and oxygen atoms in total. The van der Waals surface area contributed by atoms with Crippen molar-refractivity contribution >= 4 is 5.78 Å². The lowest BCUT2D eigenvalue weighted by Gasteiger charge is -2.33. The van der Waals surface area contributed by atoms with Crippen LogP contribution in [-0.2, 0) is 11.2 Å². The molecule has 0 bridgehead atoms. The lowest BCUT2D eigenvalue weighted by Crippen LogP contribution is -2.26. The van der Waals surface area contributed by atoms with Gasteiger partial charge in [-0.15, -0.1) is 0 Å². The highest BCUT2D eigenvalue weighted by Crippen LogP contribution is 2.40. The summed E-state index contributed by atoms with van der Waals surface area (Å²) in [7, 11) is 1.68. The fourth-order valence-corrected chi connectivity index (χ4v) is 3.04. The number of benzene rings is 1. The van der Waals surface area contributed by atoms with E-state index in [9.17, 15) is 4.79 Å². The van der Waals surface area contributed by atoms with Gasteiger partial charge in [0, 0.05) is 18.4 Å². The molecule has 2 rings (SSSR count). The molecule has 1 aromatic rings. The number of methoxy groups -OCH3 is 1. The molecule has 0 amide bonds. The first kappa shape index (κ1) is 15.6. The Morgan fingerprint density at radius 3 is 2.71 bits per heavy atom. The smallest absolute Gasteiger partial charge is 0.159 e. The van der Waals surface area contributed by atoms with E-state index < -0.39 is 0 Å². The Labute approximate surface area is 127 Å². The summed E-state index contributed by atoms with van der Waals surface area (Å²) in [5.41, 5.74) is 4.25. The molecule has 0 saturated heterocycles. The highest BCUT2D eigenvalue weighted by atomic mass is 16.5. The fraction of sp³-hybridized carbons (Fsp3) is 0.421. The topological polar surface area (TPSA) is 26.3 Å². The summed E-state index contributed by atoms with van der Waals surface area (Å²) >= 11 is 0. The molecule has 0 atom stereocenters. The van der Waals surface area contributed by atoms with Crippen LogP contribution in [0.3, 0.4) is 0 Å². The standard InChI is InChI=1S/C19H24O2/c1-6-16-15(17(20)9-10-19(16,3)4)11-14-8-7-13(2)18(12-14)21-5/h6-8,12H,1,9-11H2,2-5H3. The third-order valence-corrected chi connectivity index (χ3v) is 4.43. The number of hydrogen-bond acceptors (Lipinski definition) is 2.